The minimum Gasteiger partial charge on any atom is -0.466 e. The van der Waals surface area contributed by atoms with Crippen LogP contribution >= 0.6 is 0 Å². The number of hydrogen-bond acceptors (Lipinski definition) is 4. The summed E-state index contributed by atoms with van der Waals surface area (Å²) < 4.78 is 10.8. The lowest BCUT2D eigenvalue weighted by molar-refractivity contribution is -0.144. The molecule has 0 aromatic carbocycles. The van der Waals surface area contributed by atoms with Crippen LogP contribution in [0, 0.1) is 0 Å². The second-order valence-corrected chi connectivity index (χ2v) is 13.5. The third-order valence-corrected chi connectivity index (χ3v) is 9.03. The number of unbranched alkanes of at least 4 members (excludes halogenated alkanes) is 29. The van der Waals surface area contributed by atoms with Crippen molar-refractivity contribution in [1.29, 1.82) is 0 Å². The van der Waals surface area contributed by atoms with Crippen LogP contribution in [-0.2, 0) is 19.1 Å². The molecule has 44 heavy (non-hydrogen) atoms. The minimum absolute atomic E-state index is 0.0322. The van der Waals surface area contributed by atoms with E-state index in [1.165, 1.54) is 154 Å². The molecule has 0 spiro atoms. The first-order valence-electron chi connectivity index (χ1n) is 20.0. The van der Waals surface area contributed by atoms with Crippen molar-refractivity contribution in [2.75, 3.05) is 13.2 Å². The highest BCUT2D eigenvalue weighted by Gasteiger charge is 2.05. The van der Waals surface area contributed by atoms with Crippen LogP contribution in [0.5, 0.6) is 0 Å². The topological polar surface area (TPSA) is 52.6 Å². The quantitative estimate of drug-likeness (QED) is 0.0511. The highest BCUT2D eigenvalue weighted by atomic mass is 16.5. The number of esters is 2. The molecule has 0 saturated heterocycles. The van der Waals surface area contributed by atoms with Crippen molar-refractivity contribution in [2.24, 2.45) is 0 Å². The lowest BCUT2D eigenvalue weighted by Crippen LogP contribution is -2.06. The SMILES string of the molecule is CCCCCCCCCCCCCCCOC(=O)CCCCCCCCC(=O)OCCCCCCCCCCCCCCC. The van der Waals surface area contributed by atoms with Crippen LogP contribution in [-0.4, -0.2) is 25.2 Å². The zero-order chi connectivity index (χ0) is 32.0. The smallest absolute Gasteiger partial charge is 0.305 e. The van der Waals surface area contributed by atoms with E-state index in [1.54, 1.807) is 0 Å². The predicted molar refractivity (Wildman–Crippen MR) is 190 cm³/mol. The second-order valence-electron chi connectivity index (χ2n) is 13.5. The van der Waals surface area contributed by atoms with Gasteiger partial charge in [0, 0.05) is 12.8 Å². The average Bonchev–Trinajstić information content (AvgIpc) is 3.02. The summed E-state index contributed by atoms with van der Waals surface area (Å²) in [5.74, 6) is -0.0645. The first kappa shape index (κ1) is 42.9. The average molecular weight is 623 g/mol. The summed E-state index contributed by atoms with van der Waals surface area (Å²) >= 11 is 0. The molecule has 4 heteroatoms. The van der Waals surface area contributed by atoms with Gasteiger partial charge in [0.15, 0.2) is 0 Å². The molecule has 0 radical (unpaired) electrons. The maximum absolute atomic E-state index is 11.9. The third-order valence-electron chi connectivity index (χ3n) is 9.03. The van der Waals surface area contributed by atoms with Gasteiger partial charge in [-0.15, -0.1) is 0 Å². The summed E-state index contributed by atoms with van der Waals surface area (Å²) in [5.41, 5.74) is 0. The van der Waals surface area contributed by atoms with E-state index in [9.17, 15) is 9.59 Å². The number of hydrogen-bond donors (Lipinski definition) is 0. The van der Waals surface area contributed by atoms with Crippen LogP contribution in [0.2, 0.25) is 0 Å². The van der Waals surface area contributed by atoms with Crippen molar-refractivity contribution in [1.82, 2.24) is 0 Å². The molecular weight excluding hydrogens is 544 g/mol. The van der Waals surface area contributed by atoms with E-state index >= 15 is 0 Å². The van der Waals surface area contributed by atoms with Gasteiger partial charge in [-0.25, -0.2) is 0 Å². The summed E-state index contributed by atoms with van der Waals surface area (Å²) in [4.78, 5) is 23.9. The van der Waals surface area contributed by atoms with Crippen LogP contribution < -0.4 is 0 Å². The standard InChI is InChI=1S/C40H78O4/c1-3-5-7-9-11-13-15-17-19-21-25-29-33-37-43-39(41)35-31-27-23-24-28-32-36-40(42)44-38-34-30-26-22-20-18-16-14-12-10-8-6-4-2/h3-38H2,1-2H3. The van der Waals surface area contributed by atoms with Crippen molar-refractivity contribution < 1.29 is 19.1 Å². The molecule has 0 aliphatic carbocycles. The van der Waals surface area contributed by atoms with E-state index in [-0.39, 0.29) is 11.9 Å². The largest absolute Gasteiger partial charge is 0.466 e. The highest BCUT2D eigenvalue weighted by molar-refractivity contribution is 5.69. The molecule has 0 heterocycles. The summed E-state index contributed by atoms with van der Waals surface area (Å²) in [6.07, 6.45) is 42.0. The van der Waals surface area contributed by atoms with Crippen LogP contribution in [0.1, 0.15) is 232 Å². The van der Waals surface area contributed by atoms with Gasteiger partial charge in [0.1, 0.15) is 0 Å². The van der Waals surface area contributed by atoms with E-state index in [0.717, 1.165) is 51.4 Å². The Balaban J connectivity index is 3.24. The molecule has 0 aliphatic heterocycles. The summed E-state index contributed by atoms with van der Waals surface area (Å²) in [6, 6.07) is 0. The first-order valence-corrected chi connectivity index (χ1v) is 20.0. The van der Waals surface area contributed by atoms with E-state index in [1.807, 2.05) is 0 Å². The van der Waals surface area contributed by atoms with Gasteiger partial charge in [-0.1, -0.05) is 194 Å². The van der Waals surface area contributed by atoms with Gasteiger partial charge in [-0.05, 0) is 25.7 Å². The van der Waals surface area contributed by atoms with Gasteiger partial charge in [0.25, 0.3) is 0 Å². The Morgan fingerprint density at radius 2 is 0.500 bits per heavy atom. The van der Waals surface area contributed by atoms with E-state index in [4.69, 9.17) is 9.47 Å². The molecule has 0 bridgehead atoms. The van der Waals surface area contributed by atoms with E-state index < -0.39 is 0 Å². The normalized spacial score (nSPS) is 11.2. The molecule has 262 valence electrons. The molecular formula is C40H78O4. The Kier molecular flexibility index (Phi) is 37.2. The third kappa shape index (κ3) is 37.1. The zero-order valence-corrected chi connectivity index (χ0v) is 30.1. The fraction of sp³-hybridized carbons (Fsp3) is 0.950. The van der Waals surface area contributed by atoms with Crippen LogP contribution in [0.4, 0.5) is 0 Å². The van der Waals surface area contributed by atoms with Crippen LogP contribution in [0.3, 0.4) is 0 Å². The maximum Gasteiger partial charge on any atom is 0.305 e. The number of rotatable bonds is 37. The molecule has 0 aromatic heterocycles. The molecule has 0 saturated carbocycles. The Labute approximate surface area is 276 Å². The van der Waals surface area contributed by atoms with E-state index in [0.29, 0.717) is 26.1 Å². The molecule has 0 atom stereocenters. The van der Waals surface area contributed by atoms with Gasteiger partial charge in [-0.3, -0.25) is 9.59 Å². The maximum atomic E-state index is 11.9. The Morgan fingerprint density at radius 1 is 0.295 bits per heavy atom. The first-order chi connectivity index (χ1) is 21.7. The lowest BCUT2D eigenvalue weighted by atomic mass is 10.0. The Bertz CT molecular complexity index is 526. The fourth-order valence-corrected chi connectivity index (χ4v) is 6.00. The van der Waals surface area contributed by atoms with Crippen LogP contribution in [0.25, 0.3) is 0 Å². The second kappa shape index (κ2) is 38.1. The number of ether oxygens (including phenoxy) is 2. The fourth-order valence-electron chi connectivity index (χ4n) is 6.00. The molecule has 0 N–H and O–H groups in total. The number of carbonyl (C=O) groups excluding carboxylic acids is 2. The van der Waals surface area contributed by atoms with Crippen molar-refractivity contribution >= 4 is 11.9 Å². The highest BCUT2D eigenvalue weighted by Crippen LogP contribution is 2.15. The summed E-state index contributed by atoms with van der Waals surface area (Å²) in [5, 5.41) is 0. The van der Waals surface area contributed by atoms with Gasteiger partial charge in [0.2, 0.25) is 0 Å². The van der Waals surface area contributed by atoms with E-state index in [2.05, 4.69) is 13.8 Å². The van der Waals surface area contributed by atoms with Gasteiger partial charge in [-0.2, -0.15) is 0 Å². The zero-order valence-electron chi connectivity index (χ0n) is 30.1. The van der Waals surface area contributed by atoms with Gasteiger partial charge >= 0.3 is 11.9 Å². The van der Waals surface area contributed by atoms with Gasteiger partial charge < -0.3 is 9.47 Å². The number of carbonyl (C=O) groups is 2. The summed E-state index contributed by atoms with van der Waals surface area (Å²) in [7, 11) is 0. The molecule has 4 nitrogen and oxygen atoms in total. The van der Waals surface area contributed by atoms with Crippen molar-refractivity contribution in [2.45, 2.75) is 232 Å². The van der Waals surface area contributed by atoms with Gasteiger partial charge in [0.05, 0.1) is 13.2 Å². The van der Waals surface area contributed by atoms with Crippen molar-refractivity contribution in [3.63, 3.8) is 0 Å². The molecule has 0 unspecified atom stereocenters. The molecule has 0 rings (SSSR count). The molecule has 0 aliphatic rings. The van der Waals surface area contributed by atoms with Crippen LogP contribution in [0.15, 0.2) is 0 Å². The molecule has 0 fully saturated rings. The minimum atomic E-state index is -0.0322. The molecule has 0 aromatic rings. The molecule has 0 amide bonds. The Morgan fingerprint density at radius 3 is 0.750 bits per heavy atom. The van der Waals surface area contributed by atoms with Crippen molar-refractivity contribution in [3.8, 4) is 0 Å². The predicted octanol–water partition coefficient (Wildman–Crippen LogP) is 13.4. The lowest BCUT2D eigenvalue weighted by Gasteiger charge is -2.06. The Hall–Kier alpha value is -1.06. The monoisotopic (exact) mass is 623 g/mol. The summed E-state index contributed by atoms with van der Waals surface area (Å²) in [6.45, 7) is 5.73. The van der Waals surface area contributed by atoms with Crippen molar-refractivity contribution in [3.05, 3.63) is 0 Å².